The van der Waals surface area contributed by atoms with Crippen molar-refractivity contribution in [1.82, 2.24) is 14.9 Å². The van der Waals surface area contributed by atoms with E-state index in [2.05, 4.69) is 15.3 Å². The summed E-state index contributed by atoms with van der Waals surface area (Å²) in [5.74, 6) is -1.21. The molecule has 2 saturated heterocycles. The van der Waals surface area contributed by atoms with Crippen molar-refractivity contribution in [1.29, 1.82) is 5.26 Å². The number of piperidine rings is 1. The highest BCUT2D eigenvalue weighted by molar-refractivity contribution is 6.33. The molecule has 11 heteroatoms. The molecule has 1 N–H and O–H groups in total. The Morgan fingerprint density at radius 1 is 1.31 bits per heavy atom. The molecule has 3 heterocycles. The number of nitrogens with one attached hydrogen (secondary N) is 1. The number of alkyl halides is 3. The number of ether oxygens (including phenoxy) is 1. The van der Waals surface area contributed by atoms with E-state index in [0.717, 1.165) is 19.8 Å². The molecule has 4 rings (SSSR count). The first kappa shape index (κ1) is 25.0. The largest absolute Gasteiger partial charge is 0.474 e. The molecule has 2 aromatic rings. The average molecular weight is 508 g/mol. The lowest BCUT2D eigenvalue weighted by Crippen LogP contribution is -2.50. The number of hydrogen-bond donors (Lipinski definition) is 1. The minimum atomic E-state index is -4.38. The van der Waals surface area contributed by atoms with Gasteiger partial charge in [-0.25, -0.2) is 9.97 Å². The van der Waals surface area contributed by atoms with Crippen LogP contribution in [-0.4, -0.2) is 45.1 Å². The third-order valence-corrected chi connectivity index (χ3v) is 7.00. The summed E-state index contributed by atoms with van der Waals surface area (Å²) in [5, 5.41) is 12.5. The molecule has 3 unspecified atom stereocenters. The molecule has 1 aromatic heterocycles. The van der Waals surface area contributed by atoms with Crippen LogP contribution in [0.3, 0.4) is 0 Å². The predicted octanol–water partition coefficient (Wildman–Crippen LogP) is 5.54. The van der Waals surface area contributed by atoms with Gasteiger partial charge in [-0.1, -0.05) is 18.5 Å². The Balaban J connectivity index is 1.42. The molecule has 0 aliphatic carbocycles. The van der Waals surface area contributed by atoms with Crippen LogP contribution in [0.4, 0.5) is 24.7 Å². The first-order valence-electron chi connectivity index (χ1n) is 11.4. The molecule has 1 amide bonds. The number of nitriles is 1. The number of hydrogen-bond acceptors (Lipinski definition) is 6. The maximum Gasteiger partial charge on any atom is 0.392 e. The third-order valence-electron chi connectivity index (χ3n) is 6.68. The second-order valence-electron chi connectivity index (χ2n) is 9.13. The van der Waals surface area contributed by atoms with Crippen molar-refractivity contribution in [3.8, 4) is 11.9 Å². The van der Waals surface area contributed by atoms with Gasteiger partial charge in [0.1, 0.15) is 18.2 Å². The Bertz CT molecular complexity index is 1140. The molecule has 1 aromatic carbocycles. The van der Waals surface area contributed by atoms with E-state index in [1.807, 2.05) is 6.07 Å². The fourth-order valence-electron chi connectivity index (χ4n) is 4.76. The van der Waals surface area contributed by atoms with Gasteiger partial charge in [0.25, 0.3) is 0 Å². The summed E-state index contributed by atoms with van der Waals surface area (Å²) in [7, 11) is 0. The van der Waals surface area contributed by atoms with E-state index in [1.54, 1.807) is 30.0 Å². The van der Waals surface area contributed by atoms with E-state index in [-0.39, 0.29) is 18.2 Å². The molecule has 2 aliphatic heterocycles. The van der Waals surface area contributed by atoms with Crippen molar-refractivity contribution < 1.29 is 22.7 Å². The number of rotatable bonds is 6. The predicted molar refractivity (Wildman–Crippen MR) is 123 cm³/mol. The van der Waals surface area contributed by atoms with Crippen molar-refractivity contribution in [2.75, 3.05) is 5.32 Å². The number of fused-ring (bicyclic) bond motifs is 2. The summed E-state index contributed by atoms with van der Waals surface area (Å²) >= 11 is 6.26. The fourth-order valence-corrected chi connectivity index (χ4v) is 4.99. The standard InChI is InChI=1S/C24H25ClF3N5O2/c1-13(24(26,27)28)7-21(34)33-16-4-5-17(33)10-18(9-16)35-23-14(2)22(30-12-31-23)32-20-6-3-15(11-29)8-19(20)25/h3,6,8,12-13,16-18H,4-5,7,9-10H2,1-2H3,(H,30,31,32). The summed E-state index contributed by atoms with van der Waals surface area (Å²) in [6.07, 6.45) is -1.17. The Morgan fingerprint density at radius 2 is 2.00 bits per heavy atom. The summed E-state index contributed by atoms with van der Waals surface area (Å²) in [5.41, 5.74) is 1.69. The molecule has 2 fully saturated rings. The van der Waals surface area contributed by atoms with E-state index in [4.69, 9.17) is 21.6 Å². The number of aromatic nitrogens is 2. The van der Waals surface area contributed by atoms with Crippen LogP contribution in [0.2, 0.25) is 5.02 Å². The Morgan fingerprint density at radius 3 is 2.60 bits per heavy atom. The van der Waals surface area contributed by atoms with E-state index in [0.29, 0.717) is 46.4 Å². The molecule has 0 spiro atoms. The minimum absolute atomic E-state index is 0.135. The van der Waals surface area contributed by atoms with Gasteiger partial charge in [-0.15, -0.1) is 0 Å². The molecule has 2 aliphatic rings. The molecular formula is C24H25ClF3N5O2. The van der Waals surface area contributed by atoms with Crippen molar-refractivity contribution in [3.63, 3.8) is 0 Å². The van der Waals surface area contributed by atoms with Crippen molar-refractivity contribution in [2.45, 2.75) is 70.3 Å². The highest BCUT2D eigenvalue weighted by Gasteiger charge is 2.46. The normalized spacial score (nSPS) is 22.4. The molecular weight excluding hydrogens is 483 g/mol. The number of carbonyl (C=O) groups excluding carboxylic acids is 1. The topological polar surface area (TPSA) is 91.1 Å². The van der Waals surface area contributed by atoms with Gasteiger partial charge < -0.3 is 15.0 Å². The van der Waals surface area contributed by atoms with Crippen LogP contribution in [0.5, 0.6) is 5.88 Å². The number of benzene rings is 1. The lowest BCUT2D eigenvalue weighted by Gasteiger charge is -2.39. The van der Waals surface area contributed by atoms with Crippen LogP contribution in [0.15, 0.2) is 24.5 Å². The smallest absolute Gasteiger partial charge is 0.392 e. The lowest BCUT2D eigenvalue weighted by molar-refractivity contribution is -0.178. The van der Waals surface area contributed by atoms with Crippen molar-refractivity contribution in [2.24, 2.45) is 5.92 Å². The maximum absolute atomic E-state index is 12.9. The van der Waals surface area contributed by atoms with Gasteiger partial charge >= 0.3 is 6.18 Å². The molecule has 0 saturated carbocycles. The zero-order valence-electron chi connectivity index (χ0n) is 19.3. The molecule has 35 heavy (non-hydrogen) atoms. The van der Waals surface area contributed by atoms with E-state index < -0.39 is 24.4 Å². The SMILES string of the molecule is Cc1c(Nc2ccc(C#N)cc2Cl)ncnc1OC1CC2CCC(C1)N2C(=O)CC(C)C(F)(F)F. The van der Waals surface area contributed by atoms with E-state index in [1.165, 1.54) is 6.33 Å². The second-order valence-corrected chi connectivity index (χ2v) is 9.54. The van der Waals surface area contributed by atoms with Gasteiger partial charge in [-0.3, -0.25) is 4.79 Å². The Labute approximate surface area is 206 Å². The number of nitrogens with zero attached hydrogens (tertiary/aromatic N) is 4. The molecule has 7 nitrogen and oxygen atoms in total. The third kappa shape index (κ3) is 5.45. The van der Waals surface area contributed by atoms with E-state index in [9.17, 15) is 18.0 Å². The van der Waals surface area contributed by atoms with Crippen molar-refractivity contribution in [3.05, 3.63) is 40.7 Å². The Hall–Kier alpha value is -3.06. The highest BCUT2D eigenvalue weighted by Crippen LogP contribution is 2.40. The summed E-state index contributed by atoms with van der Waals surface area (Å²) in [6.45, 7) is 2.85. The number of halogens is 4. The van der Waals surface area contributed by atoms with Gasteiger partial charge in [0.05, 0.1) is 33.8 Å². The minimum Gasteiger partial charge on any atom is -0.474 e. The van der Waals surface area contributed by atoms with Crippen LogP contribution in [0, 0.1) is 24.2 Å². The molecule has 2 bridgehead atoms. The number of anilines is 2. The summed E-state index contributed by atoms with van der Waals surface area (Å²) in [4.78, 5) is 22.8. The number of carbonyl (C=O) groups is 1. The summed E-state index contributed by atoms with van der Waals surface area (Å²) < 4.78 is 45.0. The van der Waals surface area contributed by atoms with Crippen LogP contribution >= 0.6 is 11.6 Å². The van der Waals surface area contributed by atoms with Gasteiger partial charge in [0.2, 0.25) is 11.8 Å². The Kier molecular flexibility index (Phi) is 7.08. The first-order valence-corrected chi connectivity index (χ1v) is 11.8. The highest BCUT2D eigenvalue weighted by atomic mass is 35.5. The average Bonchev–Trinajstić information content (AvgIpc) is 3.07. The quantitative estimate of drug-likeness (QED) is 0.551. The monoisotopic (exact) mass is 507 g/mol. The lowest BCUT2D eigenvalue weighted by atomic mass is 9.97. The molecule has 186 valence electrons. The second kappa shape index (κ2) is 9.90. The molecule has 0 radical (unpaired) electrons. The van der Waals surface area contributed by atoms with Gasteiger partial charge in [-0.2, -0.15) is 18.4 Å². The zero-order valence-corrected chi connectivity index (χ0v) is 20.0. The van der Waals surface area contributed by atoms with Gasteiger partial charge in [0.15, 0.2) is 0 Å². The zero-order chi connectivity index (χ0) is 25.3. The van der Waals surface area contributed by atoms with Crippen LogP contribution in [-0.2, 0) is 4.79 Å². The number of amides is 1. The van der Waals surface area contributed by atoms with Gasteiger partial charge in [0, 0.05) is 31.3 Å². The van der Waals surface area contributed by atoms with E-state index >= 15 is 0 Å². The van der Waals surface area contributed by atoms with Crippen LogP contribution in [0.1, 0.15) is 50.2 Å². The molecule has 3 atom stereocenters. The van der Waals surface area contributed by atoms with Crippen LogP contribution in [0.25, 0.3) is 0 Å². The maximum atomic E-state index is 12.9. The van der Waals surface area contributed by atoms with Gasteiger partial charge in [-0.05, 0) is 38.0 Å². The van der Waals surface area contributed by atoms with Crippen molar-refractivity contribution >= 4 is 29.0 Å². The van der Waals surface area contributed by atoms with Crippen LogP contribution < -0.4 is 10.1 Å². The fraction of sp³-hybridized carbons (Fsp3) is 0.500. The first-order chi connectivity index (χ1) is 16.6. The summed E-state index contributed by atoms with van der Waals surface area (Å²) in [6, 6.07) is 6.64.